The Morgan fingerprint density at radius 3 is 2.80 bits per heavy atom. The highest BCUT2D eigenvalue weighted by Gasteiger charge is 2.11. The second kappa shape index (κ2) is 5.70. The minimum absolute atomic E-state index is 0.543. The topological polar surface area (TPSA) is 34.9 Å². The summed E-state index contributed by atoms with van der Waals surface area (Å²) in [5, 5.41) is 8.73. The van der Waals surface area contributed by atoms with Gasteiger partial charge in [-0.15, -0.1) is 0 Å². The van der Waals surface area contributed by atoms with Crippen LogP contribution in [-0.4, -0.2) is 15.7 Å². The molecule has 3 aromatic rings. The summed E-state index contributed by atoms with van der Waals surface area (Å²) in [4.78, 5) is 10.4. The van der Waals surface area contributed by atoms with Crippen molar-refractivity contribution in [3.63, 3.8) is 0 Å². The SMILES string of the molecule is O=C=CCc1cn(-c2ccccc2)nc1-c1ccsc1. The third kappa shape index (κ3) is 2.48. The molecular formula is C16H12N2OS. The molecule has 1 aromatic carbocycles. The van der Waals surface area contributed by atoms with E-state index in [9.17, 15) is 4.79 Å². The van der Waals surface area contributed by atoms with Crippen molar-refractivity contribution in [2.24, 2.45) is 0 Å². The van der Waals surface area contributed by atoms with Gasteiger partial charge < -0.3 is 0 Å². The van der Waals surface area contributed by atoms with Crippen molar-refractivity contribution in [1.29, 1.82) is 0 Å². The van der Waals surface area contributed by atoms with Gasteiger partial charge in [-0.1, -0.05) is 18.2 Å². The third-order valence-electron chi connectivity index (χ3n) is 3.01. The third-order valence-corrected chi connectivity index (χ3v) is 3.69. The fourth-order valence-corrected chi connectivity index (χ4v) is 2.71. The maximum absolute atomic E-state index is 10.4. The van der Waals surface area contributed by atoms with Gasteiger partial charge in [0.2, 0.25) is 0 Å². The van der Waals surface area contributed by atoms with Crippen LogP contribution in [0.5, 0.6) is 0 Å². The molecule has 20 heavy (non-hydrogen) atoms. The number of allylic oxidation sites excluding steroid dienone is 1. The van der Waals surface area contributed by atoms with Crippen LogP contribution in [0.4, 0.5) is 0 Å². The predicted molar refractivity (Wildman–Crippen MR) is 80.8 cm³/mol. The number of rotatable bonds is 4. The summed E-state index contributed by atoms with van der Waals surface area (Å²) in [6, 6.07) is 12.0. The molecule has 0 N–H and O–H groups in total. The lowest BCUT2D eigenvalue weighted by molar-refractivity contribution is 0.568. The van der Waals surface area contributed by atoms with Crippen LogP contribution >= 0.6 is 11.3 Å². The van der Waals surface area contributed by atoms with Gasteiger partial charge in [-0.25, -0.2) is 9.48 Å². The molecule has 3 nitrogen and oxygen atoms in total. The standard InChI is InChI=1S/C16H12N2OS/c19-9-4-5-13-11-18(15-6-2-1-3-7-15)17-16(13)14-8-10-20-12-14/h1-4,6-8,10-12H,5H2. The molecule has 0 aliphatic rings. The second-order valence-electron chi connectivity index (χ2n) is 4.32. The first-order valence-corrected chi connectivity index (χ1v) is 7.18. The van der Waals surface area contributed by atoms with Gasteiger partial charge in [0.05, 0.1) is 11.4 Å². The lowest BCUT2D eigenvalue weighted by Crippen LogP contribution is -1.93. The van der Waals surface area contributed by atoms with E-state index < -0.39 is 0 Å². The molecule has 0 unspecified atom stereocenters. The van der Waals surface area contributed by atoms with Crippen molar-refractivity contribution < 1.29 is 4.79 Å². The van der Waals surface area contributed by atoms with Crippen molar-refractivity contribution in [2.45, 2.75) is 6.42 Å². The summed E-state index contributed by atoms with van der Waals surface area (Å²) >= 11 is 1.64. The van der Waals surface area contributed by atoms with E-state index in [4.69, 9.17) is 0 Å². The Labute approximate surface area is 120 Å². The highest BCUT2D eigenvalue weighted by atomic mass is 32.1. The minimum Gasteiger partial charge on any atom is -0.240 e. The van der Waals surface area contributed by atoms with Crippen LogP contribution in [0, 0.1) is 0 Å². The zero-order chi connectivity index (χ0) is 13.8. The molecule has 4 heteroatoms. The van der Waals surface area contributed by atoms with Crippen LogP contribution in [-0.2, 0) is 11.2 Å². The molecule has 0 amide bonds. The van der Waals surface area contributed by atoms with Gasteiger partial charge in [-0.05, 0) is 23.6 Å². The summed E-state index contributed by atoms with van der Waals surface area (Å²) in [6.45, 7) is 0. The van der Waals surface area contributed by atoms with E-state index in [0.29, 0.717) is 6.42 Å². The molecule has 0 saturated carbocycles. The van der Waals surface area contributed by atoms with Gasteiger partial charge in [0.25, 0.3) is 0 Å². The average Bonchev–Trinajstić information content (AvgIpc) is 3.15. The number of carbonyl (C=O) groups excluding carboxylic acids is 1. The quantitative estimate of drug-likeness (QED) is 0.685. The van der Waals surface area contributed by atoms with Gasteiger partial charge in [0.1, 0.15) is 5.94 Å². The molecule has 0 fully saturated rings. The zero-order valence-electron chi connectivity index (χ0n) is 10.7. The summed E-state index contributed by atoms with van der Waals surface area (Å²) < 4.78 is 1.85. The van der Waals surface area contributed by atoms with Crippen LogP contribution < -0.4 is 0 Å². The maximum atomic E-state index is 10.4. The van der Waals surface area contributed by atoms with Crippen LogP contribution in [0.1, 0.15) is 5.56 Å². The molecule has 0 spiro atoms. The number of benzene rings is 1. The van der Waals surface area contributed by atoms with Gasteiger partial charge in [-0.3, -0.25) is 0 Å². The Morgan fingerprint density at radius 2 is 2.10 bits per heavy atom. The van der Waals surface area contributed by atoms with Crippen LogP contribution in [0.15, 0.2) is 59.4 Å². The van der Waals surface area contributed by atoms with E-state index in [-0.39, 0.29) is 0 Å². The molecule has 0 saturated heterocycles. The molecule has 0 atom stereocenters. The Hall–Kier alpha value is -2.42. The van der Waals surface area contributed by atoms with Crippen LogP contribution in [0.3, 0.4) is 0 Å². The van der Waals surface area contributed by atoms with Crippen molar-refractivity contribution in [3.8, 4) is 16.9 Å². The molecular weight excluding hydrogens is 268 g/mol. The van der Waals surface area contributed by atoms with Gasteiger partial charge >= 0.3 is 0 Å². The second-order valence-corrected chi connectivity index (χ2v) is 5.10. The summed E-state index contributed by atoms with van der Waals surface area (Å²) in [5.41, 5.74) is 4.03. The van der Waals surface area contributed by atoms with E-state index in [2.05, 4.69) is 10.5 Å². The van der Waals surface area contributed by atoms with Crippen molar-refractivity contribution in [3.05, 3.63) is 65.0 Å². The van der Waals surface area contributed by atoms with Crippen LogP contribution in [0.2, 0.25) is 0 Å². The number of para-hydroxylation sites is 1. The van der Waals surface area contributed by atoms with Gasteiger partial charge in [0.15, 0.2) is 0 Å². The molecule has 0 bridgehead atoms. The Balaban J connectivity index is 2.08. The monoisotopic (exact) mass is 280 g/mol. The van der Waals surface area contributed by atoms with E-state index >= 15 is 0 Å². The molecule has 0 aliphatic heterocycles. The number of nitrogens with zero attached hydrogens (tertiary/aromatic N) is 2. The van der Waals surface area contributed by atoms with Gasteiger partial charge in [0, 0.05) is 35.2 Å². The highest BCUT2D eigenvalue weighted by Crippen LogP contribution is 2.26. The van der Waals surface area contributed by atoms with E-state index in [0.717, 1.165) is 22.5 Å². The molecule has 0 radical (unpaired) electrons. The highest BCUT2D eigenvalue weighted by molar-refractivity contribution is 7.08. The maximum Gasteiger partial charge on any atom is 0.120 e. The molecule has 0 aliphatic carbocycles. The first-order chi connectivity index (χ1) is 9.88. The molecule has 2 heterocycles. The number of hydrogen-bond acceptors (Lipinski definition) is 3. The van der Waals surface area contributed by atoms with Crippen molar-refractivity contribution in [1.82, 2.24) is 9.78 Å². The fraction of sp³-hybridized carbons (Fsp3) is 0.0625. The number of hydrogen-bond donors (Lipinski definition) is 0. The van der Waals surface area contributed by atoms with Crippen LogP contribution in [0.25, 0.3) is 16.9 Å². The van der Waals surface area contributed by atoms with E-state index in [1.807, 2.05) is 58.6 Å². The summed E-state index contributed by atoms with van der Waals surface area (Å²) in [7, 11) is 0. The Kier molecular flexibility index (Phi) is 3.59. The summed E-state index contributed by atoms with van der Waals surface area (Å²) in [5.74, 6) is 1.83. The first-order valence-electron chi connectivity index (χ1n) is 6.24. The molecule has 98 valence electrons. The lowest BCUT2D eigenvalue weighted by atomic mass is 10.1. The summed E-state index contributed by atoms with van der Waals surface area (Å²) in [6.07, 6.45) is 4.00. The lowest BCUT2D eigenvalue weighted by Gasteiger charge is -1.99. The van der Waals surface area contributed by atoms with Gasteiger partial charge in [-0.2, -0.15) is 16.4 Å². The fourth-order valence-electron chi connectivity index (χ4n) is 2.07. The minimum atomic E-state index is 0.543. The normalized spacial score (nSPS) is 10.2. The molecule has 2 aromatic heterocycles. The molecule has 3 rings (SSSR count). The number of thiophene rings is 1. The number of aromatic nitrogens is 2. The Morgan fingerprint density at radius 1 is 1.25 bits per heavy atom. The van der Waals surface area contributed by atoms with E-state index in [1.54, 1.807) is 11.3 Å². The largest absolute Gasteiger partial charge is 0.240 e. The average molecular weight is 280 g/mol. The van der Waals surface area contributed by atoms with Crippen molar-refractivity contribution >= 4 is 17.3 Å². The first kappa shape index (κ1) is 12.6. The predicted octanol–water partition coefficient (Wildman–Crippen LogP) is 3.53. The van der Waals surface area contributed by atoms with E-state index in [1.165, 1.54) is 6.08 Å². The van der Waals surface area contributed by atoms with Crippen molar-refractivity contribution in [2.75, 3.05) is 0 Å². The Bertz CT molecular complexity index is 738. The smallest absolute Gasteiger partial charge is 0.120 e. The zero-order valence-corrected chi connectivity index (χ0v) is 11.5.